The minimum Gasteiger partial charge on any atom is -0.464 e. The molecule has 2 rings (SSSR count). The van der Waals surface area contributed by atoms with E-state index in [0.717, 1.165) is 0 Å². The number of carbonyl (C=O) groups is 2. The van der Waals surface area contributed by atoms with Gasteiger partial charge in [0.2, 0.25) is 0 Å². The Labute approximate surface area is 93.8 Å². The van der Waals surface area contributed by atoms with Gasteiger partial charge in [0.1, 0.15) is 6.04 Å². The van der Waals surface area contributed by atoms with E-state index in [4.69, 9.17) is 4.74 Å². The zero-order chi connectivity index (χ0) is 11.5. The first-order valence-corrected chi connectivity index (χ1v) is 5.26. The molecule has 1 fully saturated rings. The minimum absolute atomic E-state index is 0.112. The predicted octanol–water partition coefficient (Wildman–Crippen LogP) is 1.07. The monoisotopic (exact) mass is 219 g/mol. The molecular formula is C12H13NO3. The van der Waals surface area contributed by atoms with E-state index >= 15 is 0 Å². The van der Waals surface area contributed by atoms with Gasteiger partial charge in [-0.25, -0.2) is 4.79 Å². The second-order valence-corrected chi connectivity index (χ2v) is 3.59. The van der Waals surface area contributed by atoms with Gasteiger partial charge in [0.05, 0.1) is 13.2 Å². The molecule has 0 saturated carbocycles. The smallest absolute Gasteiger partial charge is 0.330 e. The maximum absolute atomic E-state index is 11.8. The Hall–Kier alpha value is -1.84. The van der Waals surface area contributed by atoms with Crippen LogP contribution < -0.4 is 0 Å². The molecule has 4 heteroatoms. The van der Waals surface area contributed by atoms with Crippen molar-refractivity contribution >= 4 is 11.9 Å². The molecule has 0 aliphatic carbocycles. The Bertz CT molecular complexity index is 402. The van der Waals surface area contributed by atoms with Crippen molar-refractivity contribution in [2.75, 3.05) is 13.2 Å². The first-order valence-electron chi connectivity index (χ1n) is 5.26. The maximum Gasteiger partial charge on any atom is 0.330 e. The third-order valence-corrected chi connectivity index (χ3v) is 2.45. The lowest BCUT2D eigenvalue weighted by molar-refractivity contribution is -0.143. The average Bonchev–Trinajstić information content (AvgIpc) is 3.09. The fourth-order valence-electron chi connectivity index (χ4n) is 1.55. The molecule has 0 aromatic heterocycles. The van der Waals surface area contributed by atoms with Crippen molar-refractivity contribution in [3.63, 3.8) is 0 Å². The van der Waals surface area contributed by atoms with Crippen LogP contribution >= 0.6 is 0 Å². The van der Waals surface area contributed by atoms with Crippen LogP contribution in [0.2, 0.25) is 0 Å². The molecule has 0 radical (unpaired) electrons. The SMILES string of the molecule is CCOC(=O)C1CN1C(=O)c1ccccc1. The number of hydrogen-bond donors (Lipinski definition) is 0. The summed E-state index contributed by atoms with van der Waals surface area (Å²) in [6.45, 7) is 2.57. The molecule has 1 amide bonds. The Balaban J connectivity index is 1.97. The number of hydrogen-bond acceptors (Lipinski definition) is 3. The maximum atomic E-state index is 11.8. The highest BCUT2D eigenvalue weighted by Crippen LogP contribution is 2.22. The highest BCUT2D eigenvalue weighted by Gasteiger charge is 2.45. The Morgan fingerprint density at radius 1 is 1.38 bits per heavy atom. The van der Waals surface area contributed by atoms with Crippen LogP contribution in [0.15, 0.2) is 30.3 Å². The van der Waals surface area contributed by atoms with E-state index < -0.39 is 0 Å². The minimum atomic E-state index is -0.382. The molecule has 1 aliphatic rings. The molecule has 1 atom stereocenters. The van der Waals surface area contributed by atoms with Gasteiger partial charge in [0.25, 0.3) is 5.91 Å². The quantitative estimate of drug-likeness (QED) is 0.564. The van der Waals surface area contributed by atoms with Crippen LogP contribution in [-0.2, 0) is 9.53 Å². The van der Waals surface area contributed by atoms with Crippen molar-refractivity contribution in [1.29, 1.82) is 0 Å². The number of nitrogens with zero attached hydrogens (tertiary/aromatic N) is 1. The predicted molar refractivity (Wildman–Crippen MR) is 57.9 cm³/mol. The van der Waals surface area contributed by atoms with E-state index in [1.807, 2.05) is 6.07 Å². The van der Waals surface area contributed by atoms with Crippen LogP contribution in [-0.4, -0.2) is 36.0 Å². The Kier molecular flexibility index (Phi) is 2.90. The lowest BCUT2D eigenvalue weighted by Gasteiger charge is -2.03. The van der Waals surface area contributed by atoms with Crippen LogP contribution in [0.3, 0.4) is 0 Å². The highest BCUT2D eigenvalue weighted by molar-refractivity contribution is 5.99. The second-order valence-electron chi connectivity index (χ2n) is 3.59. The molecule has 0 spiro atoms. The number of benzene rings is 1. The van der Waals surface area contributed by atoms with Crippen molar-refractivity contribution in [3.8, 4) is 0 Å². The van der Waals surface area contributed by atoms with Gasteiger partial charge in [-0.05, 0) is 19.1 Å². The molecule has 1 heterocycles. The molecule has 1 saturated heterocycles. The molecule has 16 heavy (non-hydrogen) atoms. The summed E-state index contributed by atoms with van der Waals surface area (Å²) < 4.78 is 4.85. The molecule has 1 aromatic rings. The number of ether oxygens (including phenoxy) is 1. The van der Waals surface area contributed by atoms with Crippen molar-refractivity contribution < 1.29 is 14.3 Å². The van der Waals surface area contributed by atoms with Crippen LogP contribution in [0, 0.1) is 0 Å². The third kappa shape index (κ3) is 2.05. The first kappa shape index (κ1) is 10.7. The van der Waals surface area contributed by atoms with E-state index in [1.165, 1.54) is 4.90 Å². The standard InChI is InChI=1S/C12H13NO3/c1-2-16-12(15)10-8-13(10)11(14)9-6-4-3-5-7-9/h3-7,10H,2,8H2,1H3. The number of esters is 1. The van der Waals surface area contributed by atoms with Gasteiger partial charge in [-0.1, -0.05) is 18.2 Å². The van der Waals surface area contributed by atoms with Crippen molar-refractivity contribution in [1.82, 2.24) is 4.90 Å². The Morgan fingerprint density at radius 3 is 2.69 bits per heavy atom. The highest BCUT2D eigenvalue weighted by atomic mass is 16.5. The molecule has 0 bridgehead atoms. The summed E-state index contributed by atoms with van der Waals surface area (Å²) in [5.74, 6) is -0.426. The zero-order valence-electron chi connectivity index (χ0n) is 9.05. The third-order valence-electron chi connectivity index (χ3n) is 2.45. The normalized spacial score (nSPS) is 18.1. The van der Waals surface area contributed by atoms with Crippen LogP contribution in [0.1, 0.15) is 17.3 Å². The van der Waals surface area contributed by atoms with Gasteiger partial charge >= 0.3 is 5.97 Å². The summed E-state index contributed by atoms with van der Waals surface area (Å²) in [6.07, 6.45) is 0. The molecule has 4 nitrogen and oxygen atoms in total. The Morgan fingerprint density at radius 2 is 2.06 bits per heavy atom. The second kappa shape index (κ2) is 4.35. The molecule has 0 N–H and O–H groups in total. The lowest BCUT2D eigenvalue weighted by atomic mass is 10.2. The van der Waals surface area contributed by atoms with Crippen LogP contribution in [0.4, 0.5) is 0 Å². The van der Waals surface area contributed by atoms with E-state index in [2.05, 4.69) is 0 Å². The van der Waals surface area contributed by atoms with E-state index in [0.29, 0.717) is 18.7 Å². The molecule has 1 aliphatic heterocycles. The summed E-state index contributed by atoms with van der Waals surface area (Å²) in [5.41, 5.74) is 0.606. The van der Waals surface area contributed by atoms with Crippen LogP contribution in [0.5, 0.6) is 0 Å². The zero-order valence-corrected chi connectivity index (χ0v) is 9.05. The van der Waals surface area contributed by atoms with Gasteiger partial charge in [-0.15, -0.1) is 0 Å². The molecular weight excluding hydrogens is 206 g/mol. The molecule has 1 unspecified atom stereocenters. The van der Waals surface area contributed by atoms with Crippen molar-refractivity contribution in [2.45, 2.75) is 13.0 Å². The fraction of sp³-hybridized carbons (Fsp3) is 0.333. The summed E-state index contributed by atoms with van der Waals surface area (Å²) in [7, 11) is 0. The number of carbonyl (C=O) groups excluding carboxylic acids is 2. The van der Waals surface area contributed by atoms with Gasteiger partial charge in [0, 0.05) is 5.56 Å². The first-order chi connectivity index (χ1) is 7.74. The summed E-state index contributed by atoms with van der Waals surface area (Å²) in [4.78, 5) is 24.7. The fourth-order valence-corrected chi connectivity index (χ4v) is 1.55. The summed E-state index contributed by atoms with van der Waals surface area (Å²) in [6, 6.07) is 8.55. The molecule has 84 valence electrons. The largest absolute Gasteiger partial charge is 0.464 e. The summed E-state index contributed by atoms with van der Waals surface area (Å²) in [5, 5.41) is 0. The number of rotatable bonds is 3. The van der Waals surface area contributed by atoms with E-state index in [9.17, 15) is 9.59 Å². The van der Waals surface area contributed by atoms with Crippen molar-refractivity contribution in [2.24, 2.45) is 0 Å². The van der Waals surface area contributed by atoms with E-state index in [-0.39, 0.29) is 17.9 Å². The summed E-state index contributed by atoms with van der Waals surface area (Å²) >= 11 is 0. The van der Waals surface area contributed by atoms with Crippen molar-refractivity contribution in [3.05, 3.63) is 35.9 Å². The lowest BCUT2D eigenvalue weighted by Crippen LogP contribution is -2.20. The number of amides is 1. The van der Waals surface area contributed by atoms with Gasteiger partial charge in [-0.2, -0.15) is 0 Å². The topological polar surface area (TPSA) is 46.4 Å². The van der Waals surface area contributed by atoms with Gasteiger partial charge in [-0.3, -0.25) is 4.79 Å². The van der Waals surface area contributed by atoms with Gasteiger partial charge in [0.15, 0.2) is 0 Å². The van der Waals surface area contributed by atoms with E-state index in [1.54, 1.807) is 31.2 Å². The average molecular weight is 219 g/mol. The van der Waals surface area contributed by atoms with Gasteiger partial charge < -0.3 is 9.64 Å². The molecule has 1 aromatic carbocycles. The van der Waals surface area contributed by atoms with Crippen LogP contribution in [0.25, 0.3) is 0 Å².